The predicted molar refractivity (Wildman–Crippen MR) is 94.6 cm³/mol. The van der Waals surface area contributed by atoms with Gasteiger partial charge in [0.2, 0.25) is 0 Å². The molecule has 3 rings (SSSR count). The molecular formula is C21H20O3. The lowest BCUT2D eigenvalue weighted by Crippen LogP contribution is -2.10. The van der Waals surface area contributed by atoms with E-state index in [0.717, 1.165) is 16.7 Å². The van der Waals surface area contributed by atoms with Crippen LogP contribution in [-0.4, -0.2) is 15.3 Å². The zero-order valence-corrected chi connectivity index (χ0v) is 13.4. The van der Waals surface area contributed by atoms with Crippen LogP contribution in [-0.2, 0) is 0 Å². The van der Waals surface area contributed by atoms with Crippen molar-refractivity contribution in [2.24, 2.45) is 0 Å². The Morgan fingerprint density at radius 3 is 1.54 bits per heavy atom. The van der Waals surface area contributed by atoms with Gasteiger partial charge in [0.25, 0.3) is 0 Å². The lowest BCUT2D eigenvalue weighted by molar-refractivity contribution is 0.473. The predicted octanol–water partition coefficient (Wildman–Crippen LogP) is 4.74. The highest BCUT2D eigenvalue weighted by Gasteiger charge is 2.23. The third kappa shape index (κ3) is 3.35. The Morgan fingerprint density at radius 1 is 0.583 bits per heavy atom. The molecule has 0 aromatic heterocycles. The van der Waals surface area contributed by atoms with Crippen LogP contribution in [0.3, 0.4) is 0 Å². The van der Waals surface area contributed by atoms with E-state index in [1.807, 2.05) is 36.4 Å². The fourth-order valence-electron chi connectivity index (χ4n) is 3.13. The lowest BCUT2D eigenvalue weighted by atomic mass is 9.78. The summed E-state index contributed by atoms with van der Waals surface area (Å²) in [7, 11) is 0. The van der Waals surface area contributed by atoms with Gasteiger partial charge in [0.1, 0.15) is 17.2 Å². The van der Waals surface area contributed by atoms with Gasteiger partial charge in [-0.1, -0.05) is 43.3 Å². The minimum atomic E-state index is 0.0352. The minimum Gasteiger partial charge on any atom is -0.508 e. The molecule has 0 heterocycles. The summed E-state index contributed by atoms with van der Waals surface area (Å²) in [6, 6.07) is 21.6. The summed E-state index contributed by atoms with van der Waals surface area (Å²) in [5.74, 6) is 0.843. The number of hydrogen-bond donors (Lipinski definition) is 3. The Labute approximate surface area is 141 Å². The van der Waals surface area contributed by atoms with Crippen molar-refractivity contribution in [1.29, 1.82) is 0 Å². The maximum absolute atomic E-state index is 9.79. The molecule has 0 saturated carbocycles. The second kappa shape index (κ2) is 6.67. The van der Waals surface area contributed by atoms with Crippen molar-refractivity contribution >= 4 is 0 Å². The van der Waals surface area contributed by atoms with Crippen molar-refractivity contribution in [3.63, 3.8) is 0 Å². The molecule has 0 spiro atoms. The molecule has 1 unspecified atom stereocenters. The molecule has 3 aromatic rings. The molecule has 122 valence electrons. The van der Waals surface area contributed by atoms with Gasteiger partial charge in [0.15, 0.2) is 0 Å². The van der Waals surface area contributed by atoms with Crippen molar-refractivity contribution < 1.29 is 15.3 Å². The Bertz CT molecular complexity index is 762. The molecule has 3 aromatic carbocycles. The van der Waals surface area contributed by atoms with E-state index in [-0.39, 0.29) is 29.1 Å². The summed E-state index contributed by atoms with van der Waals surface area (Å²) < 4.78 is 0. The maximum atomic E-state index is 9.79. The van der Waals surface area contributed by atoms with Crippen molar-refractivity contribution in [3.8, 4) is 17.2 Å². The zero-order valence-electron chi connectivity index (χ0n) is 13.4. The van der Waals surface area contributed by atoms with Crippen LogP contribution in [0, 0.1) is 0 Å². The topological polar surface area (TPSA) is 60.7 Å². The Kier molecular flexibility index (Phi) is 4.43. The van der Waals surface area contributed by atoms with Gasteiger partial charge in [-0.05, 0) is 59.0 Å². The number of phenols is 3. The fraction of sp³-hybridized carbons (Fsp3) is 0.143. The number of hydrogen-bond acceptors (Lipinski definition) is 3. The fourth-order valence-corrected chi connectivity index (χ4v) is 3.13. The largest absolute Gasteiger partial charge is 0.508 e. The summed E-state index contributed by atoms with van der Waals surface area (Å²) in [5, 5.41) is 28.9. The molecule has 3 N–H and O–H groups in total. The van der Waals surface area contributed by atoms with Crippen molar-refractivity contribution in [3.05, 3.63) is 89.5 Å². The van der Waals surface area contributed by atoms with E-state index in [9.17, 15) is 15.3 Å². The number of rotatable bonds is 4. The van der Waals surface area contributed by atoms with Crippen molar-refractivity contribution in [2.75, 3.05) is 0 Å². The molecule has 0 amide bonds. The van der Waals surface area contributed by atoms with Gasteiger partial charge in [-0.25, -0.2) is 0 Å². The first-order chi connectivity index (χ1) is 11.5. The van der Waals surface area contributed by atoms with Crippen LogP contribution in [0.1, 0.15) is 35.4 Å². The van der Waals surface area contributed by atoms with Crippen LogP contribution < -0.4 is 0 Å². The SMILES string of the molecule is CC(c1cccc(O)c1)C(c1ccc(O)cc1)c1ccc(O)cc1. The maximum Gasteiger partial charge on any atom is 0.115 e. The van der Waals surface area contributed by atoms with Crippen molar-refractivity contribution in [2.45, 2.75) is 18.8 Å². The van der Waals surface area contributed by atoms with E-state index in [1.165, 1.54) is 0 Å². The number of phenolic OH excluding ortho intramolecular Hbond substituents is 3. The van der Waals surface area contributed by atoms with Gasteiger partial charge in [-0.15, -0.1) is 0 Å². The summed E-state index contributed by atoms with van der Waals surface area (Å²) in [6.45, 7) is 2.11. The molecule has 1 atom stereocenters. The highest BCUT2D eigenvalue weighted by Crippen LogP contribution is 2.39. The zero-order chi connectivity index (χ0) is 17.1. The summed E-state index contributed by atoms with van der Waals surface area (Å²) >= 11 is 0. The standard InChI is InChI=1S/C21H20O3/c1-14(17-3-2-4-20(24)13-17)21(15-5-9-18(22)10-6-15)16-7-11-19(23)12-8-16/h2-14,21-24H,1H3. The van der Waals surface area contributed by atoms with Crippen LogP contribution in [0.25, 0.3) is 0 Å². The van der Waals surface area contributed by atoms with Crippen LogP contribution >= 0.6 is 0 Å². The Balaban J connectivity index is 2.07. The molecular weight excluding hydrogens is 300 g/mol. The van der Waals surface area contributed by atoms with Gasteiger partial charge >= 0.3 is 0 Å². The molecule has 0 aliphatic heterocycles. The first-order valence-electron chi connectivity index (χ1n) is 7.91. The van der Waals surface area contributed by atoms with E-state index in [1.54, 1.807) is 36.4 Å². The first kappa shape index (κ1) is 15.9. The van der Waals surface area contributed by atoms with E-state index < -0.39 is 0 Å². The molecule has 0 radical (unpaired) electrons. The smallest absolute Gasteiger partial charge is 0.115 e. The second-order valence-electron chi connectivity index (χ2n) is 6.04. The van der Waals surface area contributed by atoms with E-state index in [4.69, 9.17) is 0 Å². The average molecular weight is 320 g/mol. The van der Waals surface area contributed by atoms with Gasteiger partial charge < -0.3 is 15.3 Å². The summed E-state index contributed by atoms with van der Waals surface area (Å²) in [5.41, 5.74) is 3.16. The first-order valence-corrected chi connectivity index (χ1v) is 7.91. The monoisotopic (exact) mass is 320 g/mol. The third-order valence-electron chi connectivity index (χ3n) is 4.40. The third-order valence-corrected chi connectivity index (χ3v) is 4.40. The van der Waals surface area contributed by atoms with Crippen LogP contribution in [0.2, 0.25) is 0 Å². The minimum absolute atomic E-state index is 0.0352. The van der Waals surface area contributed by atoms with E-state index in [2.05, 4.69) is 6.92 Å². The molecule has 0 aliphatic rings. The quantitative estimate of drug-likeness (QED) is 0.651. The van der Waals surface area contributed by atoms with Crippen LogP contribution in [0.4, 0.5) is 0 Å². The second-order valence-corrected chi connectivity index (χ2v) is 6.04. The average Bonchev–Trinajstić information content (AvgIpc) is 2.58. The van der Waals surface area contributed by atoms with Crippen LogP contribution in [0.15, 0.2) is 72.8 Å². The number of benzene rings is 3. The molecule has 3 heteroatoms. The van der Waals surface area contributed by atoms with E-state index >= 15 is 0 Å². The Morgan fingerprint density at radius 2 is 1.08 bits per heavy atom. The van der Waals surface area contributed by atoms with E-state index in [0.29, 0.717) is 0 Å². The van der Waals surface area contributed by atoms with Crippen molar-refractivity contribution in [1.82, 2.24) is 0 Å². The molecule has 0 fully saturated rings. The molecule has 24 heavy (non-hydrogen) atoms. The Hall–Kier alpha value is -2.94. The highest BCUT2D eigenvalue weighted by atomic mass is 16.3. The summed E-state index contributed by atoms with van der Waals surface area (Å²) in [6.07, 6.45) is 0. The normalized spacial score (nSPS) is 12.2. The highest BCUT2D eigenvalue weighted by molar-refractivity contribution is 5.42. The lowest BCUT2D eigenvalue weighted by Gasteiger charge is -2.26. The van der Waals surface area contributed by atoms with Gasteiger partial charge in [-0.3, -0.25) is 0 Å². The number of aromatic hydroxyl groups is 3. The molecule has 0 aliphatic carbocycles. The van der Waals surface area contributed by atoms with Crippen LogP contribution in [0.5, 0.6) is 17.2 Å². The molecule has 3 nitrogen and oxygen atoms in total. The van der Waals surface area contributed by atoms with Gasteiger partial charge in [0.05, 0.1) is 0 Å². The molecule has 0 bridgehead atoms. The molecule has 0 saturated heterocycles. The van der Waals surface area contributed by atoms with Gasteiger partial charge in [0, 0.05) is 5.92 Å². The van der Waals surface area contributed by atoms with Gasteiger partial charge in [-0.2, -0.15) is 0 Å². The summed E-state index contributed by atoms with van der Waals surface area (Å²) in [4.78, 5) is 0.